The van der Waals surface area contributed by atoms with E-state index in [1.165, 1.54) is 72.6 Å². The molecule has 3 atom stereocenters. The molecule has 4 aromatic carbocycles. The van der Waals surface area contributed by atoms with Crippen molar-refractivity contribution in [1.82, 2.24) is 4.67 Å². The van der Waals surface area contributed by atoms with E-state index in [4.69, 9.17) is 0 Å². The first-order valence-electron chi connectivity index (χ1n) is 15.3. The van der Waals surface area contributed by atoms with Crippen molar-refractivity contribution in [2.45, 2.75) is 70.0 Å². The van der Waals surface area contributed by atoms with Crippen molar-refractivity contribution in [3.05, 3.63) is 121 Å². The Morgan fingerprint density at radius 3 is 1.29 bits per heavy atom. The monoisotopic (exact) mass is 621 g/mol. The molecule has 2 aliphatic rings. The van der Waals surface area contributed by atoms with E-state index < -0.39 is 16.0 Å². The Hall–Kier alpha value is -1.78. The number of nitrogens with zero attached hydrogens (tertiary/aromatic N) is 1. The largest absolute Gasteiger partial charge is 0.275 e. The average molecular weight is 622 g/mol. The summed E-state index contributed by atoms with van der Waals surface area (Å²) in [5, 5.41) is 5.92. The van der Waals surface area contributed by atoms with E-state index in [0.29, 0.717) is 17.6 Å². The second kappa shape index (κ2) is 16.8. The molecule has 0 radical (unpaired) electrons. The van der Waals surface area contributed by atoms with Crippen molar-refractivity contribution in [3.63, 3.8) is 0 Å². The van der Waals surface area contributed by atoms with Crippen LogP contribution in [0.25, 0.3) is 0 Å². The topological polar surface area (TPSA) is 3.24 Å². The van der Waals surface area contributed by atoms with Gasteiger partial charge in [-0.1, -0.05) is 160 Å². The van der Waals surface area contributed by atoms with Crippen molar-refractivity contribution in [2.75, 3.05) is 7.05 Å². The van der Waals surface area contributed by atoms with Crippen LogP contribution in [0.4, 0.5) is 0 Å². The predicted octanol–water partition coefficient (Wildman–Crippen LogP) is 8.60. The van der Waals surface area contributed by atoms with Crippen LogP contribution in [-0.2, 0) is 17.1 Å². The molecule has 2 saturated carbocycles. The molecule has 2 aliphatic carbocycles. The standard InChI is InChI=1S/C32H35NP2.C5H10.Fe/c1-26(33(2)35(29-20-11-5-12-21-29)30-22-13-6-14-23-30)31-24-15-25-32(31)34(27-16-7-3-8-17-27)28-18-9-4-10-19-28;1-2-4-5-3-1;/h3-14,16-23,26,31-32H,15,24-25H2,1-2H3;1-5H2;/t26-,31?,32?;;/m1../s1. The fraction of sp³-hybridized carbons (Fsp3) is 0.351. The summed E-state index contributed by atoms with van der Waals surface area (Å²) in [5.74, 6) is 0.684. The molecule has 0 N–H and O–H groups in total. The van der Waals surface area contributed by atoms with Gasteiger partial charge in [-0.25, -0.2) is 0 Å². The summed E-state index contributed by atoms with van der Waals surface area (Å²) in [6.07, 6.45) is 11.5. The third kappa shape index (κ3) is 8.41. The van der Waals surface area contributed by atoms with E-state index >= 15 is 0 Å². The van der Waals surface area contributed by atoms with Crippen LogP contribution in [0.15, 0.2) is 121 Å². The summed E-state index contributed by atoms with van der Waals surface area (Å²) in [6.45, 7) is 2.49. The molecule has 0 aromatic heterocycles. The Labute approximate surface area is 262 Å². The maximum Gasteiger partial charge on any atom is 0.0281 e. The van der Waals surface area contributed by atoms with Crippen LogP contribution < -0.4 is 21.2 Å². The normalized spacial score (nSPS) is 19.0. The van der Waals surface area contributed by atoms with Gasteiger partial charge in [-0.2, -0.15) is 0 Å². The molecule has 6 rings (SSSR count). The second-order valence-electron chi connectivity index (χ2n) is 11.3. The van der Waals surface area contributed by atoms with Crippen LogP contribution >= 0.6 is 16.0 Å². The SMILES string of the molecule is C1CCCC1.C[C@H](C1CCCC1P(c1ccccc1)c1ccccc1)N(C)P(c1ccccc1)c1ccccc1.[Fe]. The molecule has 2 fully saturated rings. The molecule has 0 aliphatic heterocycles. The van der Waals surface area contributed by atoms with E-state index in [2.05, 4.69) is 140 Å². The van der Waals surface area contributed by atoms with Gasteiger partial charge in [0.1, 0.15) is 0 Å². The van der Waals surface area contributed by atoms with Crippen molar-refractivity contribution >= 4 is 37.2 Å². The average Bonchev–Trinajstić information content (AvgIpc) is 3.76. The van der Waals surface area contributed by atoms with Crippen LogP contribution in [0, 0.1) is 5.92 Å². The number of rotatable bonds is 8. The number of benzene rings is 4. The van der Waals surface area contributed by atoms with Gasteiger partial charge in [0.15, 0.2) is 0 Å². The van der Waals surface area contributed by atoms with Gasteiger partial charge in [0, 0.05) is 31.2 Å². The van der Waals surface area contributed by atoms with Gasteiger partial charge in [0.2, 0.25) is 0 Å². The zero-order valence-corrected chi connectivity index (χ0v) is 27.5. The minimum absolute atomic E-state index is 0. The summed E-state index contributed by atoms with van der Waals surface area (Å²) < 4.78 is 2.71. The Bertz CT molecular complexity index is 1160. The third-order valence-corrected chi connectivity index (χ3v) is 14.3. The van der Waals surface area contributed by atoms with E-state index in [0.717, 1.165) is 0 Å². The van der Waals surface area contributed by atoms with E-state index in [-0.39, 0.29) is 17.1 Å². The van der Waals surface area contributed by atoms with Crippen LogP contribution in [0.2, 0.25) is 0 Å². The maximum absolute atomic E-state index is 2.71. The number of hydrogen-bond acceptors (Lipinski definition) is 1. The molecule has 0 amide bonds. The fourth-order valence-electron chi connectivity index (χ4n) is 6.56. The van der Waals surface area contributed by atoms with Crippen LogP contribution in [-0.4, -0.2) is 23.4 Å². The molecular formula is C37H45FeNP2. The van der Waals surface area contributed by atoms with Gasteiger partial charge in [-0.3, -0.25) is 4.67 Å². The predicted molar refractivity (Wildman–Crippen MR) is 180 cm³/mol. The summed E-state index contributed by atoms with van der Waals surface area (Å²) >= 11 is 0. The first kappa shape index (κ1) is 32.1. The first-order chi connectivity index (χ1) is 19.7. The molecule has 4 heteroatoms. The smallest absolute Gasteiger partial charge is 0.0281 e. The van der Waals surface area contributed by atoms with Crippen LogP contribution in [0.5, 0.6) is 0 Å². The van der Waals surface area contributed by atoms with Gasteiger partial charge in [0.05, 0.1) is 0 Å². The molecule has 4 aromatic rings. The Morgan fingerprint density at radius 1 is 0.537 bits per heavy atom. The second-order valence-corrected chi connectivity index (χ2v) is 16.0. The summed E-state index contributed by atoms with van der Waals surface area (Å²) in [7, 11) is 1.40. The summed E-state index contributed by atoms with van der Waals surface area (Å²) in [4.78, 5) is 0. The van der Waals surface area contributed by atoms with Gasteiger partial charge in [-0.15, -0.1) is 0 Å². The molecule has 2 unspecified atom stereocenters. The van der Waals surface area contributed by atoms with Crippen molar-refractivity contribution in [2.24, 2.45) is 5.92 Å². The van der Waals surface area contributed by atoms with Crippen molar-refractivity contribution < 1.29 is 17.1 Å². The summed E-state index contributed by atoms with van der Waals surface area (Å²) in [6, 6.07) is 45.4. The Morgan fingerprint density at radius 2 is 0.902 bits per heavy atom. The molecule has 0 spiro atoms. The minimum Gasteiger partial charge on any atom is -0.275 e. The molecule has 1 nitrogen and oxygen atoms in total. The quantitative estimate of drug-likeness (QED) is 0.141. The van der Waals surface area contributed by atoms with E-state index in [1.807, 2.05) is 0 Å². The molecule has 41 heavy (non-hydrogen) atoms. The first-order valence-corrected chi connectivity index (χ1v) is 18.0. The molecule has 216 valence electrons. The third-order valence-electron chi connectivity index (χ3n) is 8.71. The molecule has 0 heterocycles. The summed E-state index contributed by atoms with van der Waals surface area (Å²) in [5.41, 5.74) is 0.704. The Kier molecular flexibility index (Phi) is 13.1. The van der Waals surface area contributed by atoms with Crippen molar-refractivity contribution in [3.8, 4) is 0 Å². The van der Waals surface area contributed by atoms with E-state index in [9.17, 15) is 0 Å². The van der Waals surface area contributed by atoms with Gasteiger partial charge < -0.3 is 0 Å². The minimum atomic E-state index is -0.574. The molecule has 0 bridgehead atoms. The number of hydrogen-bond donors (Lipinski definition) is 0. The van der Waals surface area contributed by atoms with Gasteiger partial charge >= 0.3 is 0 Å². The Balaban J connectivity index is 0.000000584. The van der Waals surface area contributed by atoms with E-state index in [1.54, 1.807) is 0 Å². The van der Waals surface area contributed by atoms with Crippen molar-refractivity contribution in [1.29, 1.82) is 0 Å². The maximum atomic E-state index is 2.71. The fourth-order valence-corrected chi connectivity index (χ4v) is 12.3. The zero-order valence-electron chi connectivity index (χ0n) is 24.6. The van der Waals surface area contributed by atoms with Gasteiger partial charge in [0.25, 0.3) is 0 Å². The molecular weight excluding hydrogens is 576 g/mol. The van der Waals surface area contributed by atoms with Crippen LogP contribution in [0.3, 0.4) is 0 Å². The van der Waals surface area contributed by atoms with Gasteiger partial charge in [-0.05, 0) is 67.5 Å². The van der Waals surface area contributed by atoms with Crippen LogP contribution in [0.1, 0.15) is 58.3 Å². The molecule has 0 saturated heterocycles. The zero-order chi connectivity index (χ0) is 27.6.